The summed E-state index contributed by atoms with van der Waals surface area (Å²) >= 11 is 0. The van der Waals surface area contributed by atoms with Gasteiger partial charge < -0.3 is 14.6 Å². The van der Waals surface area contributed by atoms with Crippen molar-refractivity contribution in [2.75, 3.05) is 26.2 Å². The van der Waals surface area contributed by atoms with Crippen molar-refractivity contribution in [3.63, 3.8) is 0 Å². The molecule has 1 N–H and O–H groups in total. The number of rotatable bonds is 6. The SMILES string of the molecule is Cc1ccc(Oc2ccc(C3CN(CCC(=O)O)CCO3)cc2)c(C)c1.Cl. The van der Waals surface area contributed by atoms with Gasteiger partial charge in [0.1, 0.15) is 11.5 Å². The van der Waals surface area contributed by atoms with Crippen LogP contribution in [0.2, 0.25) is 0 Å². The summed E-state index contributed by atoms with van der Waals surface area (Å²) < 4.78 is 11.8. The molecule has 0 amide bonds. The first-order valence-corrected chi connectivity index (χ1v) is 8.92. The van der Waals surface area contributed by atoms with Crippen LogP contribution in [0.5, 0.6) is 11.5 Å². The van der Waals surface area contributed by atoms with Crippen molar-refractivity contribution >= 4 is 18.4 Å². The number of carbonyl (C=O) groups is 1. The summed E-state index contributed by atoms with van der Waals surface area (Å²) in [6.07, 6.45) is 0.128. The second-order valence-corrected chi connectivity index (χ2v) is 6.74. The van der Waals surface area contributed by atoms with Crippen molar-refractivity contribution < 1.29 is 19.4 Å². The van der Waals surface area contributed by atoms with Crippen LogP contribution in [0.1, 0.15) is 29.2 Å². The van der Waals surface area contributed by atoms with Gasteiger partial charge in [0.05, 0.1) is 19.1 Å². The molecular weight excluding hydrogens is 366 g/mol. The van der Waals surface area contributed by atoms with Crippen LogP contribution in [0, 0.1) is 13.8 Å². The van der Waals surface area contributed by atoms with Crippen molar-refractivity contribution in [1.82, 2.24) is 4.90 Å². The number of benzene rings is 2. The summed E-state index contributed by atoms with van der Waals surface area (Å²) in [4.78, 5) is 12.9. The first-order valence-electron chi connectivity index (χ1n) is 8.92. The largest absolute Gasteiger partial charge is 0.481 e. The molecule has 2 aromatic rings. The van der Waals surface area contributed by atoms with E-state index in [1.54, 1.807) is 0 Å². The normalized spacial score (nSPS) is 17.2. The predicted molar refractivity (Wildman–Crippen MR) is 107 cm³/mol. The Bertz CT molecular complexity index is 763. The van der Waals surface area contributed by atoms with E-state index in [1.807, 2.05) is 43.3 Å². The molecular formula is C21H26ClNO4. The second-order valence-electron chi connectivity index (χ2n) is 6.74. The smallest absolute Gasteiger partial charge is 0.304 e. The first kappa shape index (κ1) is 21.2. The van der Waals surface area contributed by atoms with Crippen LogP contribution in [0.15, 0.2) is 42.5 Å². The highest BCUT2D eigenvalue weighted by Gasteiger charge is 2.22. The molecule has 5 nitrogen and oxygen atoms in total. The Labute approximate surface area is 166 Å². The minimum atomic E-state index is -0.763. The van der Waals surface area contributed by atoms with Gasteiger partial charge in [0.15, 0.2) is 0 Å². The topological polar surface area (TPSA) is 59.0 Å². The maximum Gasteiger partial charge on any atom is 0.304 e. The van der Waals surface area contributed by atoms with Crippen molar-refractivity contribution in [2.24, 2.45) is 0 Å². The highest BCUT2D eigenvalue weighted by atomic mass is 35.5. The average molecular weight is 392 g/mol. The minimum absolute atomic E-state index is 0. The van der Waals surface area contributed by atoms with Gasteiger partial charge in [-0.25, -0.2) is 0 Å². The molecule has 0 radical (unpaired) electrons. The van der Waals surface area contributed by atoms with E-state index in [4.69, 9.17) is 14.6 Å². The van der Waals surface area contributed by atoms with Crippen molar-refractivity contribution in [3.8, 4) is 11.5 Å². The molecule has 0 aromatic heterocycles. The number of morpholine rings is 1. The Balaban J connectivity index is 0.00000261. The molecule has 2 aromatic carbocycles. The molecule has 1 aliphatic rings. The molecule has 1 heterocycles. The quantitative estimate of drug-likeness (QED) is 0.792. The number of aryl methyl sites for hydroxylation is 2. The van der Waals surface area contributed by atoms with E-state index in [-0.39, 0.29) is 24.9 Å². The monoisotopic (exact) mass is 391 g/mol. The van der Waals surface area contributed by atoms with Gasteiger partial charge in [-0.1, -0.05) is 29.8 Å². The maximum atomic E-state index is 10.8. The molecule has 27 heavy (non-hydrogen) atoms. The summed E-state index contributed by atoms with van der Waals surface area (Å²) in [5, 5.41) is 8.84. The molecule has 1 saturated heterocycles. The molecule has 3 rings (SSSR count). The molecule has 1 fully saturated rings. The van der Waals surface area contributed by atoms with Crippen molar-refractivity contribution in [3.05, 3.63) is 59.2 Å². The van der Waals surface area contributed by atoms with E-state index < -0.39 is 5.97 Å². The van der Waals surface area contributed by atoms with Gasteiger partial charge in [-0.15, -0.1) is 12.4 Å². The average Bonchev–Trinajstić information content (AvgIpc) is 2.63. The number of nitrogens with zero attached hydrogens (tertiary/aromatic N) is 1. The van der Waals surface area contributed by atoms with E-state index in [0.29, 0.717) is 19.7 Å². The van der Waals surface area contributed by atoms with Gasteiger partial charge in [-0.3, -0.25) is 9.69 Å². The van der Waals surface area contributed by atoms with E-state index in [9.17, 15) is 4.79 Å². The van der Waals surface area contributed by atoms with Gasteiger partial charge in [-0.2, -0.15) is 0 Å². The third-order valence-electron chi connectivity index (χ3n) is 4.60. The van der Waals surface area contributed by atoms with E-state index in [2.05, 4.69) is 17.9 Å². The molecule has 0 spiro atoms. The van der Waals surface area contributed by atoms with E-state index in [1.165, 1.54) is 5.56 Å². The summed E-state index contributed by atoms with van der Waals surface area (Å²) in [6, 6.07) is 14.1. The molecule has 146 valence electrons. The summed E-state index contributed by atoms with van der Waals surface area (Å²) in [5.74, 6) is 0.886. The second kappa shape index (κ2) is 9.74. The Kier molecular flexibility index (Phi) is 7.66. The van der Waals surface area contributed by atoms with Gasteiger partial charge in [-0.05, 0) is 43.2 Å². The Morgan fingerprint density at radius 1 is 1.22 bits per heavy atom. The Morgan fingerprint density at radius 2 is 1.96 bits per heavy atom. The van der Waals surface area contributed by atoms with Crippen molar-refractivity contribution in [2.45, 2.75) is 26.4 Å². The fourth-order valence-electron chi connectivity index (χ4n) is 3.15. The molecule has 0 aliphatic carbocycles. The molecule has 1 aliphatic heterocycles. The number of aliphatic carboxylic acids is 1. The number of carboxylic acid groups (broad SMARTS) is 1. The lowest BCUT2D eigenvalue weighted by Gasteiger charge is -2.32. The zero-order valence-corrected chi connectivity index (χ0v) is 16.5. The fraction of sp³-hybridized carbons (Fsp3) is 0.381. The first-order chi connectivity index (χ1) is 12.5. The summed E-state index contributed by atoms with van der Waals surface area (Å²) in [6.45, 7) is 6.77. The van der Waals surface area contributed by atoms with Gasteiger partial charge in [0.2, 0.25) is 0 Å². The third kappa shape index (κ3) is 5.96. The number of halogens is 1. The Morgan fingerprint density at radius 3 is 2.63 bits per heavy atom. The molecule has 6 heteroatoms. The van der Waals surface area contributed by atoms with Crippen LogP contribution in [0.25, 0.3) is 0 Å². The fourth-order valence-corrected chi connectivity index (χ4v) is 3.15. The Hall–Kier alpha value is -2.08. The van der Waals surface area contributed by atoms with Gasteiger partial charge in [0.25, 0.3) is 0 Å². The number of hydrogen-bond donors (Lipinski definition) is 1. The highest BCUT2D eigenvalue weighted by molar-refractivity contribution is 5.85. The third-order valence-corrected chi connectivity index (χ3v) is 4.60. The van der Waals surface area contributed by atoms with Crippen LogP contribution in [0.3, 0.4) is 0 Å². The minimum Gasteiger partial charge on any atom is -0.481 e. The number of ether oxygens (including phenoxy) is 2. The highest BCUT2D eigenvalue weighted by Crippen LogP contribution is 2.28. The summed E-state index contributed by atoms with van der Waals surface area (Å²) in [5.41, 5.74) is 3.41. The lowest BCUT2D eigenvalue weighted by molar-refractivity contribution is -0.137. The van der Waals surface area contributed by atoms with E-state index >= 15 is 0 Å². The number of hydrogen-bond acceptors (Lipinski definition) is 4. The zero-order chi connectivity index (χ0) is 18.5. The lowest BCUT2D eigenvalue weighted by atomic mass is 10.1. The van der Waals surface area contributed by atoms with Crippen LogP contribution in [-0.4, -0.2) is 42.2 Å². The molecule has 0 bridgehead atoms. The maximum absolute atomic E-state index is 10.8. The molecule has 1 unspecified atom stereocenters. The molecule has 0 saturated carbocycles. The van der Waals surface area contributed by atoms with Crippen molar-refractivity contribution in [1.29, 1.82) is 0 Å². The van der Waals surface area contributed by atoms with Crippen LogP contribution in [0.4, 0.5) is 0 Å². The van der Waals surface area contributed by atoms with Crippen LogP contribution in [-0.2, 0) is 9.53 Å². The standard InChI is InChI=1S/C21H25NO4.ClH/c1-15-3-8-19(16(2)13-15)26-18-6-4-17(5-7-18)20-14-22(11-12-25-20)10-9-21(23)24;/h3-8,13,20H,9-12,14H2,1-2H3,(H,23,24);1H. The lowest BCUT2D eigenvalue weighted by Crippen LogP contribution is -2.39. The van der Waals surface area contributed by atoms with Crippen LogP contribution >= 0.6 is 12.4 Å². The van der Waals surface area contributed by atoms with Gasteiger partial charge >= 0.3 is 5.97 Å². The zero-order valence-electron chi connectivity index (χ0n) is 15.7. The van der Waals surface area contributed by atoms with Gasteiger partial charge in [0, 0.05) is 19.6 Å². The predicted octanol–water partition coefficient (Wildman–Crippen LogP) is 4.37. The molecule has 1 atom stereocenters. The van der Waals surface area contributed by atoms with Crippen LogP contribution < -0.4 is 4.74 Å². The summed E-state index contributed by atoms with van der Waals surface area (Å²) in [7, 11) is 0. The number of carboxylic acids is 1. The van der Waals surface area contributed by atoms with E-state index in [0.717, 1.165) is 29.2 Å².